The van der Waals surface area contributed by atoms with Crippen molar-refractivity contribution in [1.82, 2.24) is 25.2 Å². The molecule has 0 radical (unpaired) electrons. The van der Waals surface area contributed by atoms with Crippen LogP contribution in [0.15, 0.2) is 4.52 Å². The number of nitrogens with zero attached hydrogens (tertiary/aromatic N) is 4. The molecule has 2 aromatic rings. The van der Waals surface area contributed by atoms with Crippen LogP contribution in [0.4, 0.5) is 0 Å². The second-order valence-corrected chi connectivity index (χ2v) is 6.35. The zero-order valence-corrected chi connectivity index (χ0v) is 13.3. The molecule has 2 aromatic heterocycles. The largest absolute Gasteiger partial charge is 0.360 e. The molecule has 1 amide bonds. The molecule has 0 saturated carbocycles. The summed E-state index contributed by atoms with van der Waals surface area (Å²) in [5.41, 5.74) is 1.48. The monoisotopic (exact) mass is 315 g/mol. The van der Waals surface area contributed by atoms with Gasteiger partial charge in [0, 0.05) is 37.4 Å². The Labute approximate surface area is 134 Å². The Hall–Kier alpha value is -2.18. The quantitative estimate of drug-likeness (QED) is 0.926. The number of aryl methyl sites for hydroxylation is 3. The first-order valence-corrected chi connectivity index (χ1v) is 8.45. The lowest BCUT2D eigenvalue weighted by Gasteiger charge is -2.25. The Morgan fingerprint density at radius 2 is 2.17 bits per heavy atom. The smallest absolute Gasteiger partial charge is 0.274 e. The van der Waals surface area contributed by atoms with Gasteiger partial charge in [-0.15, -0.1) is 10.2 Å². The highest BCUT2D eigenvalue weighted by molar-refractivity contribution is 5.94. The maximum atomic E-state index is 12.6. The Bertz CT molecular complexity index is 719. The van der Waals surface area contributed by atoms with Gasteiger partial charge in [0.2, 0.25) is 0 Å². The van der Waals surface area contributed by atoms with Crippen LogP contribution < -0.4 is 5.32 Å². The van der Waals surface area contributed by atoms with Gasteiger partial charge >= 0.3 is 0 Å². The van der Waals surface area contributed by atoms with E-state index in [0.717, 1.165) is 74.5 Å². The number of hydrogen-bond acceptors (Lipinski definition) is 5. The number of carbonyl (C=O) groups is 1. The van der Waals surface area contributed by atoms with E-state index in [0.29, 0.717) is 5.69 Å². The highest BCUT2D eigenvalue weighted by Gasteiger charge is 2.28. The van der Waals surface area contributed by atoms with Crippen LogP contribution in [0.5, 0.6) is 0 Å². The first-order chi connectivity index (χ1) is 11.3. The molecule has 3 heterocycles. The van der Waals surface area contributed by atoms with Gasteiger partial charge in [0.25, 0.3) is 5.91 Å². The highest BCUT2D eigenvalue weighted by atomic mass is 16.5. The summed E-state index contributed by atoms with van der Waals surface area (Å²) < 4.78 is 7.47. The zero-order chi connectivity index (χ0) is 15.8. The minimum atomic E-state index is -0.114. The van der Waals surface area contributed by atoms with Gasteiger partial charge in [-0.2, -0.15) is 0 Å². The Morgan fingerprint density at radius 3 is 3.04 bits per heavy atom. The molecule has 1 aliphatic heterocycles. The Kier molecular flexibility index (Phi) is 3.63. The fraction of sp³-hybridized carbons (Fsp3) is 0.625. The van der Waals surface area contributed by atoms with Crippen molar-refractivity contribution in [1.29, 1.82) is 0 Å². The van der Waals surface area contributed by atoms with E-state index in [9.17, 15) is 4.79 Å². The second-order valence-electron chi connectivity index (χ2n) is 6.35. The number of fused-ring (bicyclic) bond motifs is 2. The van der Waals surface area contributed by atoms with E-state index in [1.165, 1.54) is 0 Å². The molecule has 122 valence electrons. The van der Waals surface area contributed by atoms with Crippen molar-refractivity contribution >= 4 is 5.91 Å². The van der Waals surface area contributed by atoms with E-state index in [1.807, 2.05) is 0 Å². The summed E-state index contributed by atoms with van der Waals surface area (Å²) in [5, 5.41) is 15.6. The third-order valence-corrected chi connectivity index (χ3v) is 4.84. The maximum Gasteiger partial charge on any atom is 0.274 e. The zero-order valence-electron chi connectivity index (χ0n) is 13.3. The Balaban J connectivity index is 1.48. The van der Waals surface area contributed by atoms with Crippen molar-refractivity contribution in [3.63, 3.8) is 0 Å². The standard InChI is InChI=1S/C16H21N5O2/c1-2-13-18-19-14-8-7-10(9-21(13)14)17-16(22)15-11-5-3-4-6-12(11)23-20-15/h10H,2-9H2,1H3,(H,17,22)/t10-/m0/s1. The molecule has 0 saturated heterocycles. The summed E-state index contributed by atoms with van der Waals surface area (Å²) in [4.78, 5) is 12.6. The molecule has 1 atom stereocenters. The summed E-state index contributed by atoms with van der Waals surface area (Å²) in [6.07, 6.45) is 6.57. The number of carbonyl (C=O) groups excluding carboxylic acids is 1. The highest BCUT2D eigenvalue weighted by Crippen LogP contribution is 2.24. The topological polar surface area (TPSA) is 85.8 Å². The van der Waals surface area contributed by atoms with Gasteiger partial charge in [0.1, 0.15) is 17.4 Å². The van der Waals surface area contributed by atoms with Crippen LogP contribution in [0.2, 0.25) is 0 Å². The SMILES string of the molecule is CCc1nnc2n1C[C@@H](NC(=O)c1noc3c1CCCC3)CC2. The van der Waals surface area contributed by atoms with Gasteiger partial charge in [-0.25, -0.2) is 0 Å². The summed E-state index contributed by atoms with van der Waals surface area (Å²) in [5.74, 6) is 2.78. The van der Waals surface area contributed by atoms with Crippen molar-refractivity contribution < 1.29 is 9.32 Å². The van der Waals surface area contributed by atoms with Crippen molar-refractivity contribution in [3.8, 4) is 0 Å². The molecule has 7 heteroatoms. The van der Waals surface area contributed by atoms with Gasteiger partial charge in [-0.1, -0.05) is 12.1 Å². The lowest BCUT2D eigenvalue weighted by atomic mass is 9.96. The Morgan fingerprint density at radius 1 is 1.30 bits per heavy atom. The second kappa shape index (κ2) is 5.79. The summed E-state index contributed by atoms with van der Waals surface area (Å²) in [6, 6.07) is 0.0900. The predicted molar refractivity (Wildman–Crippen MR) is 82.1 cm³/mol. The predicted octanol–water partition coefficient (Wildman–Crippen LogP) is 1.45. The van der Waals surface area contributed by atoms with Crippen LogP contribution in [-0.4, -0.2) is 31.9 Å². The van der Waals surface area contributed by atoms with Gasteiger partial charge in [0.05, 0.1) is 0 Å². The van der Waals surface area contributed by atoms with E-state index in [-0.39, 0.29) is 11.9 Å². The molecule has 0 aromatic carbocycles. The molecule has 1 aliphatic carbocycles. The molecule has 0 unspecified atom stereocenters. The number of aromatic nitrogens is 4. The van der Waals surface area contributed by atoms with E-state index < -0.39 is 0 Å². The molecule has 0 bridgehead atoms. The van der Waals surface area contributed by atoms with Crippen LogP contribution in [0.1, 0.15) is 59.6 Å². The molecular weight excluding hydrogens is 294 g/mol. The van der Waals surface area contributed by atoms with Crippen molar-refractivity contribution in [3.05, 3.63) is 28.7 Å². The number of amides is 1. The van der Waals surface area contributed by atoms with Crippen LogP contribution in [-0.2, 0) is 32.2 Å². The molecule has 7 nitrogen and oxygen atoms in total. The maximum absolute atomic E-state index is 12.6. The number of nitrogens with one attached hydrogen (secondary N) is 1. The van der Waals surface area contributed by atoms with Gasteiger partial charge in [0.15, 0.2) is 5.69 Å². The average molecular weight is 315 g/mol. The molecule has 0 spiro atoms. The molecule has 0 fully saturated rings. The summed E-state index contributed by atoms with van der Waals surface area (Å²) >= 11 is 0. The van der Waals surface area contributed by atoms with E-state index in [1.54, 1.807) is 0 Å². The lowest BCUT2D eigenvalue weighted by molar-refractivity contribution is 0.0917. The molecule has 2 aliphatic rings. The fourth-order valence-electron chi connectivity index (χ4n) is 3.58. The van der Waals surface area contributed by atoms with Gasteiger partial charge in [-0.3, -0.25) is 4.79 Å². The van der Waals surface area contributed by atoms with E-state index in [4.69, 9.17) is 4.52 Å². The lowest BCUT2D eigenvalue weighted by Crippen LogP contribution is -2.41. The van der Waals surface area contributed by atoms with Crippen LogP contribution >= 0.6 is 0 Å². The van der Waals surface area contributed by atoms with Crippen molar-refractivity contribution in [2.45, 2.75) is 64.5 Å². The van der Waals surface area contributed by atoms with Crippen molar-refractivity contribution in [2.24, 2.45) is 0 Å². The first kappa shape index (κ1) is 14.4. The summed E-state index contributed by atoms with van der Waals surface area (Å²) in [7, 11) is 0. The molecule has 1 N–H and O–H groups in total. The van der Waals surface area contributed by atoms with Gasteiger partial charge < -0.3 is 14.4 Å². The average Bonchev–Trinajstić information content (AvgIpc) is 3.18. The minimum absolute atomic E-state index is 0.0900. The minimum Gasteiger partial charge on any atom is -0.360 e. The molecule has 23 heavy (non-hydrogen) atoms. The molecular formula is C16H21N5O2. The first-order valence-electron chi connectivity index (χ1n) is 8.45. The fourth-order valence-corrected chi connectivity index (χ4v) is 3.58. The van der Waals surface area contributed by atoms with Crippen LogP contribution in [0, 0.1) is 0 Å². The van der Waals surface area contributed by atoms with Crippen LogP contribution in [0.25, 0.3) is 0 Å². The molecule has 4 rings (SSSR count). The van der Waals surface area contributed by atoms with E-state index in [2.05, 4.69) is 32.2 Å². The third kappa shape index (κ3) is 2.54. The number of hydrogen-bond donors (Lipinski definition) is 1. The van der Waals surface area contributed by atoms with Gasteiger partial charge in [-0.05, 0) is 25.7 Å². The van der Waals surface area contributed by atoms with E-state index >= 15 is 0 Å². The van der Waals surface area contributed by atoms with Crippen molar-refractivity contribution in [2.75, 3.05) is 0 Å². The third-order valence-electron chi connectivity index (χ3n) is 4.84. The van der Waals surface area contributed by atoms with Crippen LogP contribution in [0.3, 0.4) is 0 Å². The summed E-state index contributed by atoms with van der Waals surface area (Å²) in [6.45, 7) is 2.80. The normalized spacial score (nSPS) is 20.0. The number of rotatable bonds is 3.